The van der Waals surface area contributed by atoms with Gasteiger partial charge in [0.1, 0.15) is 0 Å². The van der Waals surface area contributed by atoms with Crippen molar-refractivity contribution in [3.63, 3.8) is 0 Å². The van der Waals surface area contributed by atoms with E-state index in [2.05, 4.69) is 63.3 Å². The van der Waals surface area contributed by atoms with E-state index in [1.54, 1.807) is 18.2 Å². The highest BCUT2D eigenvalue weighted by Crippen LogP contribution is 2.32. The van der Waals surface area contributed by atoms with Gasteiger partial charge in [0.2, 0.25) is 0 Å². The molecule has 0 spiro atoms. The molecule has 0 saturated carbocycles. The Morgan fingerprint density at radius 1 is 1.12 bits per heavy atom. The van der Waals surface area contributed by atoms with Gasteiger partial charge in [-0.05, 0) is 36.8 Å². The van der Waals surface area contributed by atoms with Gasteiger partial charge >= 0.3 is 0 Å². The van der Waals surface area contributed by atoms with Crippen molar-refractivity contribution in [2.45, 2.75) is 13.8 Å². The number of rotatable bonds is 5. The zero-order valence-corrected chi connectivity index (χ0v) is 14.8. The van der Waals surface area contributed by atoms with Crippen LogP contribution >= 0.6 is 0 Å². The lowest BCUT2D eigenvalue weighted by Crippen LogP contribution is -2.22. The first-order chi connectivity index (χ1) is 11.6. The van der Waals surface area contributed by atoms with Crippen LogP contribution in [0.5, 0.6) is 0 Å². The molecule has 1 heterocycles. The van der Waals surface area contributed by atoms with Gasteiger partial charge in [0.05, 0.1) is 0 Å². The van der Waals surface area contributed by atoms with Crippen molar-refractivity contribution in [3.8, 4) is 0 Å². The van der Waals surface area contributed by atoms with Gasteiger partial charge in [-0.3, -0.25) is 0 Å². The summed E-state index contributed by atoms with van der Waals surface area (Å²) < 4.78 is 0. The van der Waals surface area contributed by atoms with E-state index in [4.69, 9.17) is 0 Å². The molecule has 0 fully saturated rings. The lowest BCUT2D eigenvalue weighted by atomic mass is 9.95. The molecule has 24 heavy (non-hydrogen) atoms. The van der Waals surface area contributed by atoms with Crippen LogP contribution in [0.25, 0.3) is 0 Å². The Morgan fingerprint density at radius 3 is 2.46 bits per heavy atom. The molecule has 0 radical (unpaired) electrons. The first-order valence-electron chi connectivity index (χ1n) is 8.05. The molecule has 1 aliphatic heterocycles. The zero-order chi connectivity index (χ0) is 17.9. The molecule has 1 heteroatoms. The van der Waals surface area contributed by atoms with Crippen LogP contribution in [0.3, 0.4) is 0 Å². The van der Waals surface area contributed by atoms with Crippen LogP contribution in [-0.4, -0.2) is 4.90 Å². The van der Waals surface area contributed by atoms with E-state index in [9.17, 15) is 0 Å². The molecule has 0 N–H and O–H groups in total. The smallest absolute Gasteiger partial charge is 0.0495 e. The standard InChI is InChI=1S/C23H27N/c1-7-11-18-21(14-8-2)24-20(6)17-13-12-16-19(5)22(10-4)23(24)15-9-3/h7-19H,1-3,6H2,4-5H3/b16-12-,17-13-,18-11-,21-14+,22-10-,23-15+. The third kappa shape index (κ3) is 4.85. The van der Waals surface area contributed by atoms with Gasteiger partial charge in [-0.25, -0.2) is 0 Å². The minimum atomic E-state index is 0.271. The van der Waals surface area contributed by atoms with Crippen molar-refractivity contribution in [3.05, 3.63) is 122 Å². The minimum Gasteiger partial charge on any atom is -0.311 e. The predicted octanol–water partition coefficient (Wildman–Crippen LogP) is 6.39. The normalized spacial score (nSPS) is 25.2. The van der Waals surface area contributed by atoms with Crippen molar-refractivity contribution in [2.24, 2.45) is 5.92 Å². The van der Waals surface area contributed by atoms with E-state index < -0.39 is 0 Å². The molecular formula is C23H27N. The van der Waals surface area contributed by atoms with Crippen LogP contribution in [0.15, 0.2) is 122 Å². The molecule has 0 aromatic heterocycles. The maximum absolute atomic E-state index is 4.24. The summed E-state index contributed by atoms with van der Waals surface area (Å²) in [6.45, 7) is 20.0. The van der Waals surface area contributed by atoms with Crippen LogP contribution in [0.1, 0.15) is 13.8 Å². The quantitative estimate of drug-likeness (QED) is 0.531. The van der Waals surface area contributed by atoms with Gasteiger partial charge in [0.15, 0.2) is 0 Å². The maximum atomic E-state index is 4.24. The molecule has 1 unspecified atom stereocenters. The van der Waals surface area contributed by atoms with Crippen LogP contribution in [0.4, 0.5) is 0 Å². The van der Waals surface area contributed by atoms with Crippen molar-refractivity contribution in [2.75, 3.05) is 0 Å². The molecule has 124 valence electrons. The average Bonchev–Trinajstić information content (AvgIpc) is 2.61. The molecule has 0 bridgehead atoms. The van der Waals surface area contributed by atoms with Gasteiger partial charge in [-0.15, -0.1) is 0 Å². The van der Waals surface area contributed by atoms with E-state index in [0.717, 1.165) is 17.1 Å². The molecule has 1 nitrogen and oxygen atoms in total. The Kier molecular flexibility index (Phi) is 8.07. The van der Waals surface area contributed by atoms with E-state index in [1.165, 1.54) is 5.57 Å². The van der Waals surface area contributed by atoms with Gasteiger partial charge in [-0.1, -0.05) is 81.8 Å². The Labute approximate surface area is 147 Å². The predicted molar refractivity (Wildman–Crippen MR) is 108 cm³/mol. The van der Waals surface area contributed by atoms with E-state index in [1.807, 2.05) is 36.5 Å². The SMILES string of the molecule is C=C/C=C\C(=C/C=C)N1C(=C)/C=C\C=C/C(C)C(=C/C)/C1=C\C=C. The largest absolute Gasteiger partial charge is 0.311 e. The Morgan fingerprint density at radius 2 is 1.88 bits per heavy atom. The summed E-state index contributed by atoms with van der Waals surface area (Å²) in [5, 5.41) is 0. The lowest BCUT2D eigenvalue weighted by molar-refractivity contribution is 0.558. The second-order valence-corrected chi connectivity index (χ2v) is 5.31. The minimum absolute atomic E-state index is 0.271. The monoisotopic (exact) mass is 317 g/mol. The summed E-state index contributed by atoms with van der Waals surface area (Å²) in [7, 11) is 0. The molecular weight excluding hydrogens is 290 g/mol. The first-order valence-corrected chi connectivity index (χ1v) is 8.05. The molecule has 1 aliphatic rings. The fourth-order valence-corrected chi connectivity index (χ4v) is 2.58. The summed E-state index contributed by atoms with van der Waals surface area (Å²) in [6, 6.07) is 0. The van der Waals surface area contributed by atoms with E-state index in [0.29, 0.717) is 0 Å². The van der Waals surface area contributed by atoms with Gasteiger partial charge in [0, 0.05) is 23.0 Å². The summed E-state index contributed by atoms with van der Waals surface area (Å²) >= 11 is 0. The second-order valence-electron chi connectivity index (χ2n) is 5.31. The first kappa shape index (κ1) is 19.2. The highest BCUT2D eigenvalue weighted by molar-refractivity contribution is 5.46. The number of allylic oxidation sites excluding steroid dienone is 13. The molecule has 0 saturated heterocycles. The molecule has 0 aliphatic carbocycles. The van der Waals surface area contributed by atoms with E-state index in [-0.39, 0.29) is 5.92 Å². The highest BCUT2D eigenvalue weighted by atomic mass is 15.2. The zero-order valence-electron chi connectivity index (χ0n) is 14.8. The Bertz CT molecular complexity index is 675. The summed E-state index contributed by atoms with van der Waals surface area (Å²) in [5.41, 5.74) is 4.07. The third-order valence-electron chi connectivity index (χ3n) is 3.65. The molecule has 1 rings (SSSR count). The number of hydrogen-bond donors (Lipinski definition) is 0. The summed E-state index contributed by atoms with van der Waals surface area (Å²) in [5.74, 6) is 0.271. The number of hydrogen-bond acceptors (Lipinski definition) is 1. The Hall–Kier alpha value is -2.80. The topological polar surface area (TPSA) is 3.24 Å². The van der Waals surface area contributed by atoms with Crippen LogP contribution in [-0.2, 0) is 0 Å². The van der Waals surface area contributed by atoms with Gasteiger partial charge < -0.3 is 4.90 Å². The highest BCUT2D eigenvalue weighted by Gasteiger charge is 2.20. The molecule has 1 atom stereocenters. The molecule has 0 aromatic carbocycles. The van der Waals surface area contributed by atoms with Crippen LogP contribution < -0.4 is 0 Å². The van der Waals surface area contributed by atoms with Crippen molar-refractivity contribution >= 4 is 0 Å². The third-order valence-corrected chi connectivity index (χ3v) is 3.65. The second kappa shape index (κ2) is 10.1. The van der Waals surface area contributed by atoms with E-state index >= 15 is 0 Å². The fraction of sp³-hybridized carbons (Fsp3) is 0.130. The van der Waals surface area contributed by atoms with Crippen molar-refractivity contribution in [1.29, 1.82) is 0 Å². The average molecular weight is 317 g/mol. The molecule has 0 aromatic rings. The van der Waals surface area contributed by atoms with Crippen LogP contribution in [0, 0.1) is 5.92 Å². The van der Waals surface area contributed by atoms with Gasteiger partial charge in [0.25, 0.3) is 0 Å². The Balaban J connectivity index is 3.65. The maximum Gasteiger partial charge on any atom is 0.0495 e. The van der Waals surface area contributed by atoms with Crippen LogP contribution in [0.2, 0.25) is 0 Å². The van der Waals surface area contributed by atoms with Gasteiger partial charge in [-0.2, -0.15) is 0 Å². The fourth-order valence-electron chi connectivity index (χ4n) is 2.58. The lowest BCUT2D eigenvalue weighted by Gasteiger charge is -2.31. The van der Waals surface area contributed by atoms with Crippen molar-refractivity contribution < 1.29 is 0 Å². The molecule has 0 amide bonds. The summed E-state index contributed by atoms with van der Waals surface area (Å²) in [4.78, 5) is 2.11. The summed E-state index contributed by atoms with van der Waals surface area (Å²) in [6.07, 6.45) is 23.6. The van der Waals surface area contributed by atoms with Crippen molar-refractivity contribution in [1.82, 2.24) is 4.90 Å². The number of nitrogens with zero attached hydrogens (tertiary/aromatic N) is 1.